The molecule has 1 aromatic heterocycles. The quantitative estimate of drug-likeness (QED) is 0.566. The first-order valence-electron chi connectivity index (χ1n) is 9.84. The SMILES string of the molecule is CCOC(=O)c1c(NC(=O)[C@@H]2CC(C)=C(C)C[C@@H]2C(=O)O)sc2c1CCCC2. The summed E-state index contributed by atoms with van der Waals surface area (Å²) in [5.41, 5.74) is 3.54. The number of allylic oxidation sites excluding steroid dienone is 2. The molecule has 2 N–H and O–H groups in total. The zero-order valence-electron chi connectivity index (χ0n) is 16.6. The van der Waals surface area contributed by atoms with Gasteiger partial charge in [0.15, 0.2) is 0 Å². The van der Waals surface area contributed by atoms with Crippen LogP contribution >= 0.6 is 11.3 Å². The zero-order valence-corrected chi connectivity index (χ0v) is 17.4. The van der Waals surface area contributed by atoms with E-state index in [1.807, 2.05) is 13.8 Å². The molecule has 0 saturated heterocycles. The van der Waals surface area contributed by atoms with Gasteiger partial charge < -0.3 is 15.2 Å². The first kappa shape index (κ1) is 20.6. The molecule has 0 spiro atoms. The van der Waals surface area contributed by atoms with Crippen LogP contribution in [0.5, 0.6) is 0 Å². The molecular weight excluding hydrogens is 378 g/mol. The Balaban J connectivity index is 1.90. The summed E-state index contributed by atoms with van der Waals surface area (Å²) in [6.07, 6.45) is 4.58. The molecule has 1 amide bonds. The molecule has 0 fully saturated rings. The molecule has 0 aromatic carbocycles. The normalized spacial score (nSPS) is 21.8. The molecule has 28 heavy (non-hydrogen) atoms. The number of carboxylic acid groups (broad SMARTS) is 1. The minimum Gasteiger partial charge on any atom is -0.481 e. The van der Waals surface area contributed by atoms with Crippen LogP contribution < -0.4 is 5.32 Å². The fourth-order valence-corrected chi connectivity index (χ4v) is 5.39. The van der Waals surface area contributed by atoms with Crippen molar-refractivity contribution in [3.63, 3.8) is 0 Å². The maximum atomic E-state index is 13.0. The van der Waals surface area contributed by atoms with E-state index in [-0.39, 0.29) is 12.5 Å². The van der Waals surface area contributed by atoms with Crippen molar-refractivity contribution >= 4 is 34.2 Å². The van der Waals surface area contributed by atoms with E-state index in [1.165, 1.54) is 11.3 Å². The Morgan fingerprint density at radius 3 is 2.39 bits per heavy atom. The van der Waals surface area contributed by atoms with Crippen LogP contribution in [0.2, 0.25) is 0 Å². The second-order valence-corrected chi connectivity index (χ2v) is 8.75. The third-order valence-corrected chi connectivity index (χ3v) is 7.02. The Morgan fingerprint density at radius 2 is 1.75 bits per heavy atom. The molecule has 0 bridgehead atoms. The Morgan fingerprint density at radius 1 is 1.11 bits per heavy atom. The van der Waals surface area contributed by atoms with Gasteiger partial charge in [-0.1, -0.05) is 11.1 Å². The molecule has 6 nitrogen and oxygen atoms in total. The monoisotopic (exact) mass is 405 g/mol. The molecule has 0 aliphatic heterocycles. The van der Waals surface area contributed by atoms with Crippen LogP contribution in [0.4, 0.5) is 5.00 Å². The molecule has 2 atom stereocenters. The fourth-order valence-electron chi connectivity index (χ4n) is 4.11. The molecule has 2 aliphatic rings. The Kier molecular flexibility index (Phi) is 6.23. The van der Waals surface area contributed by atoms with E-state index in [0.717, 1.165) is 47.3 Å². The number of nitrogens with one attached hydrogen (secondary N) is 1. The lowest BCUT2D eigenvalue weighted by Crippen LogP contribution is -2.36. The summed E-state index contributed by atoms with van der Waals surface area (Å²) < 4.78 is 5.23. The number of aryl methyl sites for hydroxylation is 1. The number of thiophene rings is 1. The summed E-state index contributed by atoms with van der Waals surface area (Å²) in [6.45, 7) is 5.89. The highest BCUT2D eigenvalue weighted by atomic mass is 32.1. The van der Waals surface area contributed by atoms with Gasteiger partial charge in [-0.2, -0.15) is 0 Å². The summed E-state index contributed by atoms with van der Waals surface area (Å²) in [5.74, 6) is -3.09. The first-order valence-corrected chi connectivity index (χ1v) is 10.7. The minimum atomic E-state index is -0.955. The number of amides is 1. The minimum absolute atomic E-state index is 0.268. The summed E-state index contributed by atoms with van der Waals surface area (Å²) >= 11 is 1.43. The van der Waals surface area contributed by atoms with Gasteiger partial charge in [-0.25, -0.2) is 4.79 Å². The highest BCUT2D eigenvalue weighted by Gasteiger charge is 2.38. The number of carbonyl (C=O) groups excluding carboxylic acids is 2. The van der Waals surface area contributed by atoms with Crippen molar-refractivity contribution in [1.29, 1.82) is 0 Å². The van der Waals surface area contributed by atoms with Crippen LogP contribution in [-0.4, -0.2) is 29.6 Å². The number of ether oxygens (including phenoxy) is 1. The lowest BCUT2D eigenvalue weighted by molar-refractivity contribution is -0.146. The van der Waals surface area contributed by atoms with Crippen molar-refractivity contribution in [1.82, 2.24) is 0 Å². The van der Waals surface area contributed by atoms with Crippen LogP contribution in [0.25, 0.3) is 0 Å². The number of esters is 1. The predicted molar refractivity (Wildman–Crippen MR) is 108 cm³/mol. The van der Waals surface area contributed by atoms with Gasteiger partial charge in [-0.15, -0.1) is 11.3 Å². The molecule has 2 aliphatic carbocycles. The Bertz CT molecular complexity index is 838. The van der Waals surface area contributed by atoms with Gasteiger partial charge in [0.2, 0.25) is 5.91 Å². The third-order valence-electron chi connectivity index (χ3n) is 5.81. The molecule has 1 aromatic rings. The van der Waals surface area contributed by atoms with Gasteiger partial charge in [-0.05, 0) is 64.9 Å². The number of anilines is 1. The number of hydrogen-bond acceptors (Lipinski definition) is 5. The van der Waals surface area contributed by atoms with Gasteiger partial charge in [0, 0.05) is 4.88 Å². The number of carboxylic acids is 1. The average molecular weight is 406 g/mol. The van der Waals surface area contributed by atoms with Crippen molar-refractivity contribution in [2.45, 2.75) is 59.3 Å². The highest BCUT2D eigenvalue weighted by Crippen LogP contribution is 2.40. The lowest BCUT2D eigenvalue weighted by atomic mass is 9.76. The van der Waals surface area contributed by atoms with E-state index in [4.69, 9.17) is 4.74 Å². The van der Waals surface area contributed by atoms with E-state index in [0.29, 0.717) is 23.4 Å². The van der Waals surface area contributed by atoms with Crippen LogP contribution in [0.3, 0.4) is 0 Å². The number of carbonyl (C=O) groups is 3. The van der Waals surface area contributed by atoms with Crippen molar-refractivity contribution in [3.05, 3.63) is 27.2 Å². The van der Waals surface area contributed by atoms with E-state index < -0.39 is 23.8 Å². The summed E-state index contributed by atoms with van der Waals surface area (Å²) in [7, 11) is 0. The summed E-state index contributed by atoms with van der Waals surface area (Å²) in [5, 5.41) is 13.0. The maximum absolute atomic E-state index is 13.0. The van der Waals surface area contributed by atoms with Gasteiger partial charge in [0.25, 0.3) is 0 Å². The molecule has 7 heteroatoms. The third kappa shape index (κ3) is 3.99. The summed E-state index contributed by atoms with van der Waals surface area (Å²) in [4.78, 5) is 38.4. The first-order chi connectivity index (χ1) is 13.3. The Labute approximate surface area is 169 Å². The van der Waals surface area contributed by atoms with Gasteiger partial charge in [-0.3, -0.25) is 9.59 Å². The number of hydrogen-bond donors (Lipinski definition) is 2. The van der Waals surface area contributed by atoms with Crippen LogP contribution in [0, 0.1) is 11.8 Å². The highest BCUT2D eigenvalue weighted by molar-refractivity contribution is 7.17. The topological polar surface area (TPSA) is 92.7 Å². The average Bonchev–Trinajstić information content (AvgIpc) is 3.01. The maximum Gasteiger partial charge on any atom is 0.341 e. The fraction of sp³-hybridized carbons (Fsp3) is 0.571. The van der Waals surface area contributed by atoms with Gasteiger partial charge in [0.05, 0.1) is 24.0 Å². The predicted octanol–water partition coefficient (Wildman–Crippen LogP) is 4.19. The molecule has 0 saturated carbocycles. The second-order valence-electron chi connectivity index (χ2n) is 7.64. The second kappa shape index (κ2) is 8.47. The smallest absolute Gasteiger partial charge is 0.341 e. The molecule has 3 rings (SSSR count). The van der Waals surface area contributed by atoms with Gasteiger partial charge >= 0.3 is 11.9 Å². The summed E-state index contributed by atoms with van der Waals surface area (Å²) in [6, 6.07) is 0. The van der Waals surface area contributed by atoms with Crippen molar-refractivity contribution < 1.29 is 24.2 Å². The van der Waals surface area contributed by atoms with E-state index in [1.54, 1.807) is 6.92 Å². The van der Waals surface area contributed by atoms with Crippen molar-refractivity contribution in [3.8, 4) is 0 Å². The van der Waals surface area contributed by atoms with Crippen LogP contribution in [-0.2, 0) is 27.2 Å². The molecular formula is C21H27NO5S. The largest absolute Gasteiger partial charge is 0.481 e. The number of fused-ring (bicyclic) bond motifs is 1. The zero-order chi connectivity index (χ0) is 20.4. The van der Waals surface area contributed by atoms with Crippen LogP contribution in [0.15, 0.2) is 11.1 Å². The van der Waals surface area contributed by atoms with E-state index in [9.17, 15) is 19.5 Å². The molecule has 0 unspecified atom stereocenters. The van der Waals surface area contributed by atoms with E-state index >= 15 is 0 Å². The van der Waals surface area contributed by atoms with Crippen molar-refractivity contribution in [2.24, 2.45) is 11.8 Å². The van der Waals surface area contributed by atoms with E-state index in [2.05, 4.69) is 5.32 Å². The Hall–Kier alpha value is -2.15. The molecule has 152 valence electrons. The molecule has 1 heterocycles. The number of aliphatic carboxylic acids is 1. The van der Waals surface area contributed by atoms with Crippen molar-refractivity contribution in [2.75, 3.05) is 11.9 Å². The standard InChI is InChI=1S/C21H27NO5S/c1-4-27-21(26)17-13-7-5-6-8-16(13)28-19(17)22-18(23)14-9-11(2)12(3)10-15(14)20(24)25/h14-15H,4-10H2,1-3H3,(H,22,23)(H,24,25)/t14-,15+/m1/s1. The van der Waals surface area contributed by atoms with Crippen LogP contribution in [0.1, 0.15) is 67.3 Å². The lowest BCUT2D eigenvalue weighted by Gasteiger charge is -2.29. The number of rotatable bonds is 5. The molecule has 0 radical (unpaired) electrons. The van der Waals surface area contributed by atoms with Gasteiger partial charge in [0.1, 0.15) is 5.00 Å².